The van der Waals surface area contributed by atoms with Gasteiger partial charge in [0.15, 0.2) is 0 Å². The van der Waals surface area contributed by atoms with Crippen molar-refractivity contribution in [2.45, 2.75) is 46.1 Å². The van der Waals surface area contributed by atoms with Gasteiger partial charge in [0.2, 0.25) is 0 Å². The number of amides is 1. The number of amidine groups is 1. The van der Waals surface area contributed by atoms with E-state index in [-0.39, 0.29) is 6.09 Å². The number of rotatable bonds is 1. The van der Waals surface area contributed by atoms with Crippen LogP contribution in [0, 0.1) is 0 Å². The topological polar surface area (TPSA) is 41.9 Å². The van der Waals surface area contributed by atoms with E-state index in [1.54, 1.807) is 4.90 Å². The number of hydrogen-bond donors (Lipinski definition) is 0. The summed E-state index contributed by atoms with van der Waals surface area (Å²) in [5, 5.41) is 0. The Morgan fingerprint density at radius 2 is 2.20 bits per heavy atom. The van der Waals surface area contributed by atoms with Gasteiger partial charge in [0.05, 0.1) is 0 Å². The molecule has 15 heavy (non-hydrogen) atoms. The predicted octanol–water partition coefficient (Wildman–Crippen LogP) is 2.44. The molecular formula is C11H20N2O2. The maximum absolute atomic E-state index is 11.8. The highest BCUT2D eigenvalue weighted by Gasteiger charge is 2.26. The number of aliphatic imine (C=N–C) groups is 1. The van der Waals surface area contributed by atoms with Crippen LogP contribution in [0.2, 0.25) is 0 Å². The monoisotopic (exact) mass is 212 g/mol. The van der Waals surface area contributed by atoms with Crippen molar-refractivity contribution in [1.82, 2.24) is 4.90 Å². The average molecular weight is 212 g/mol. The summed E-state index contributed by atoms with van der Waals surface area (Å²) in [6.07, 6.45) is 1.42. The zero-order chi connectivity index (χ0) is 11.5. The average Bonchev–Trinajstić information content (AvgIpc) is 2.15. The summed E-state index contributed by atoms with van der Waals surface area (Å²) < 4.78 is 5.32. The molecule has 0 aromatic rings. The molecule has 1 amide bonds. The van der Waals surface area contributed by atoms with Crippen molar-refractivity contribution >= 4 is 11.9 Å². The number of hydrogen-bond acceptors (Lipinski definition) is 3. The van der Waals surface area contributed by atoms with E-state index in [0.717, 1.165) is 31.8 Å². The molecular weight excluding hydrogens is 192 g/mol. The first-order chi connectivity index (χ1) is 6.94. The Bertz CT molecular complexity index is 266. The molecule has 1 rings (SSSR count). The first-order valence-corrected chi connectivity index (χ1v) is 5.48. The van der Waals surface area contributed by atoms with E-state index in [4.69, 9.17) is 4.74 Å². The van der Waals surface area contributed by atoms with Crippen LogP contribution in [-0.4, -0.2) is 35.5 Å². The van der Waals surface area contributed by atoms with Gasteiger partial charge in [-0.1, -0.05) is 6.92 Å². The van der Waals surface area contributed by atoms with Crippen molar-refractivity contribution in [3.63, 3.8) is 0 Å². The minimum absolute atomic E-state index is 0.275. The van der Waals surface area contributed by atoms with Crippen LogP contribution in [0.15, 0.2) is 4.99 Å². The van der Waals surface area contributed by atoms with E-state index in [9.17, 15) is 4.79 Å². The van der Waals surface area contributed by atoms with Crippen LogP contribution in [0.4, 0.5) is 4.79 Å². The van der Waals surface area contributed by atoms with Gasteiger partial charge in [-0.25, -0.2) is 4.79 Å². The molecule has 1 aliphatic heterocycles. The lowest BCUT2D eigenvalue weighted by Gasteiger charge is -2.29. The van der Waals surface area contributed by atoms with Crippen LogP contribution in [0.3, 0.4) is 0 Å². The van der Waals surface area contributed by atoms with Crippen LogP contribution < -0.4 is 0 Å². The van der Waals surface area contributed by atoms with Crippen molar-refractivity contribution in [2.75, 3.05) is 13.1 Å². The van der Waals surface area contributed by atoms with E-state index in [1.165, 1.54) is 0 Å². The highest BCUT2D eigenvalue weighted by Crippen LogP contribution is 2.13. The molecule has 0 atom stereocenters. The standard InChI is InChI=1S/C11H20N2O2/c1-5-9-12-7-6-8-13(9)10(14)15-11(2,3)4/h5-8H2,1-4H3. The molecule has 0 unspecified atom stereocenters. The Labute approximate surface area is 91.3 Å². The summed E-state index contributed by atoms with van der Waals surface area (Å²) >= 11 is 0. The number of nitrogens with zero attached hydrogens (tertiary/aromatic N) is 2. The molecule has 0 aliphatic carbocycles. The molecule has 0 saturated heterocycles. The summed E-state index contributed by atoms with van der Waals surface area (Å²) in [6.45, 7) is 9.17. The molecule has 0 radical (unpaired) electrons. The van der Waals surface area contributed by atoms with Gasteiger partial charge in [-0.3, -0.25) is 9.89 Å². The lowest BCUT2D eigenvalue weighted by atomic mass is 10.2. The molecule has 1 aliphatic rings. The summed E-state index contributed by atoms with van der Waals surface area (Å²) in [6, 6.07) is 0. The van der Waals surface area contributed by atoms with Gasteiger partial charge < -0.3 is 4.74 Å². The second-order valence-electron chi connectivity index (χ2n) is 4.64. The fourth-order valence-electron chi connectivity index (χ4n) is 1.47. The van der Waals surface area contributed by atoms with Gasteiger partial charge in [-0.15, -0.1) is 0 Å². The fourth-order valence-corrected chi connectivity index (χ4v) is 1.47. The Morgan fingerprint density at radius 3 is 2.73 bits per heavy atom. The summed E-state index contributed by atoms with van der Waals surface area (Å²) in [7, 11) is 0. The molecule has 0 spiro atoms. The molecule has 0 saturated carbocycles. The van der Waals surface area contributed by atoms with Crippen LogP contribution >= 0.6 is 0 Å². The van der Waals surface area contributed by atoms with E-state index >= 15 is 0 Å². The molecule has 4 heteroatoms. The Kier molecular flexibility index (Phi) is 3.72. The molecule has 0 bridgehead atoms. The van der Waals surface area contributed by atoms with E-state index in [0.29, 0.717) is 0 Å². The van der Waals surface area contributed by atoms with Crippen molar-refractivity contribution in [3.05, 3.63) is 0 Å². The van der Waals surface area contributed by atoms with Gasteiger partial charge >= 0.3 is 6.09 Å². The number of carbonyl (C=O) groups excluding carboxylic acids is 1. The normalized spacial score (nSPS) is 17.3. The van der Waals surface area contributed by atoms with E-state index < -0.39 is 5.60 Å². The lowest BCUT2D eigenvalue weighted by Crippen LogP contribution is -2.43. The molecule has 0 fully saturated rings. The zero-order valence-corrected chi connectivity index (χ0v) is 10.0. The minimum atomic E-state index is -0.437. The number of carbonyl (C=O) groups is 1. The Morgan fingerprint density at radius 1 is 1.53 bits per heavy atom. The van der Waals surface area contributed by atoms with Crippen LogP contribution in [0.1, 0.15) is 40.5 Å². The minimum Gasteiger partial charge on any atom is -0.443 e. The van der Waals surface area contributed by atoms with Crippen molar-refractivity contribution in [2.24, 2.45) is 4.99 Å². The van der Waals surface area contributed by atoms with Gasteiger partial charge in [0, 0.05) is 19.5 Å². The number of ether oxygens (including phenoxy) is 1. The van der Waals surface area contributed by atoms with E-state index in [1.807, 2.05) is 27.7 Å². The van der Waals surface area contributed by atoms with Gasteiger partial charge in [-0.05, 0) is 27.2 Å². The third-order valence-electron chi connectivity index (χ3n) is 2.08. The fraction of sp³-hybridized carbons (Fsp3) is 0.818. The highest BCUT2D eigenvalue weighted by molar-refractivity contribution is 5.95. The van der Waals surface area contributed by atoms with Crippen LogP contribution in [-0.2, 0) is 4.74 Å². The molecule has 0 aromatic heterocycles. The quantitative estimate of drug-likeness (QED) is 0.670. The van der Waals surface area contributed by atoms with Crippen molar-refractivity contribution in [3.8, 4) is 0 Å². The zero-order valence-electron chi connectivity index (χ0n) is 10.0. The van der Waals surface area contributed by atoms with Crippen LogP contribution in [0.5, 0.6) is 0 Å². The van der Waals surface area contributed by atoms with Crippen LogP contribution in [0.25, 0.3) is 0 Å². The lowest BCUT2D eigenvalue weighted by molar-refractivity contribution is 0.0360. The first-order valence-electron chi connectivity index (χ1n) is 5.48. The second kappa shape index (κ2) is 4.64. The second-order valence-corrected chi connectivity index (χ2v) is 4.64. The largest absolute Gasteiger partial charge is 0.443 e. The van der Waals surface area contributed by atoms with Gasteiger partial charge in [-0.2, -0.15) is 0 Å². The van der Waals surface area contributed by atoms with Gasteiger partial charge in [0.25, 0.3) is 0 Å². The van der Waals surface area contributed by atoms with Gasteiger partial charge in [0.1, 0.15) is 11.4 Å². The molecule has 0 N–H and O–H groups in total. The Hall–Kier alpha value is -1.06. The predicted molar refractivity (Wildman–Crippen MR) is 60.2 cm³/mol. The summed E-state index contributed by atoms with van der Waals surface area (Å²) in [5.74, 6) is 0.843. The molecule has 1 heterocycles. The summed E-state index contributed by atoms with van der Waals surface area (Å²) in [4.78, 5) is 17.8. The van der Waals surface area contributed by atoms with Crippen molar-refractivity contribution in [1.29, 1.82) is 0 Å². The summed E-state index contributed by atoms with van der Waals surface area (Å²) in [5.41, 5.74) is -0.437. The Balaban J connectivity index is 2.66. The molecule has 4 nitrogen and oxygen atoms in total. The maximum atomic E-state index is 11.8. The molecule has 86 valence electrons. The smallest absolute Gasteiger partial charge is 0.415 e. The maximum Gasteiger partial charge on any atom is 0.415 e. The molecule has 0 aromatic carbocycles. The first kappa shape index (κ1) is 12.0. The van der Waals surface area contributed by atoms with E-state index in [2.05, 4.69) is 4.99 Å². The third kappa shape index (κ3) is 3.53. The highest BCUT2D eigenvalue weighted by atomic mass is 16.6. The third-order valence-corrected chi connectivity index (χ3v) is 2.08. The van der Waals surface area contributed by atoms with Crippen molar-refractivity contribution < 1.29 is 9.53 Å². The SMILES string of the molecule is CCC1=NCCCN1C(=O)OC(C)(C)C.